The van der Waals surface area contributed by atoms with E-state index in [1.54, 1.807) is 0 Å². The Balaban J connectivity index is 2.16. The zero-order chi connectivity index (χ0) is 13.4. The van der Waals surface area contributed by atoms with Crippen LogP contribution in [0, 0.1) is 0 Å². The van der Waals surface area contributed by atoms with Gasteiger partial charge in [-0.2, -0.15) is 5.10 Å². The van der Waals surface area contributed by atoms with E-state index < -0.39 is 0 Å². The van der Waals surface area contributed by atoms with Gasteiger partial charge in [0.25, 0.3) is 0 Å². The fourth-order valence-electron chi connectivity index (χ4n) is 1.46. The molecule has 0 saturated heterocycles. The van der Waals surface area contributed by atoms with Crippen molar-refractivity contribution in [3.63, 3.8) is 0 Å². The van der Waals surface area contributed by atoms with E-state index in [1.165, 1.54) is 5.56 Å². The highest BCUT2D eigenvalue weighted by Crippen LogP contribution is 2.12. The summed E-state index contributed by atoms with van der Waals surface area (Å²) in [5.74, 6) is 0. The summed E-state index contributed by atoms with van der Waals surface area (Å²) in [5, 5.41) is 7.70. The van der Waals surface area contributed by atoms with Crippen molar-refractivity contribution < 1.29 is 4.74 Å². The van der Waals surface area contributed by atoms with Gasteiger partial charge in [-0.3, -0.25) is 4.68 Å². The monoisotopic (exact) mass is 251 g/mol. The Bertz CT molecular complexity index is 352. The van der Waals surface area contributed by atoms with Crippen LogP contribution < -0.4 is 5.32 Å². The summed E-state index contributed by atoms with van der Waals surface area (Å²) in [7, 11) is 0. The van der Waals surface area contributed by atoms with Crippen molar-refractivity contribution in [3.8, 4) is 0 Å². The van der Waals surface area contributed by atoms with Crippen molar-refractivity contribution in [3.05, 3.63) is 30.6 Å². The van der Waals surface area contributed by atoms with Crippen LogP contribution in [-0.4, -0.2) is 29.5 Å². The topological polar surface area (TPSA) is 39.1 Å². The van der Waals surface area contributed by atoms with Crippen LogP contribution in [0.2, 0.25) is 0 Å². The molecule has 102 valence electrons. The van der Waals surface area contributed by atoms with Gasteiger partial charge in [0.1, 0.15) is 0 Å². The van der Waals surface area contributed by atoms with Crippen LogP contribution in [0.1, 0.15) is 32.8 Å². The standard InChI is InChI=1S/C14H25N3O/c1-5-6-8-18-9-7-15-10-13-11-16-17(12-13)14(2,3)4/h5,11-12,15H,1,6-10H2,2-4H3. The van der Waals surface area contributed by atoms with Crippen molar-refractivity contribution in [2.75, 3.05) is 19.8 Å². The molecule has 0 radical (unpaired) electrons. The summed E-state index contributed by atoms with van der Waals surface area (Å²) >= 11 is 0. The van der Waals surface area contributed by atoms with Gasteiger partial charge in [-0.05, 0) is 27.2 Å². The lowest BCUT2D eigenvalue weighted by Gasteiger charge is -2.18. The summed E-state index contributed by atoms with van der Waals surface area (Å²) < 4.78 is 7.41. The molecule has 0 amide bonds. The number of rotatable bonds is 8. The second-order valence-electron chi connectivity index (χ2n) is 5.33. The minimum absolute atomic E-state index is 0.0477. The van der Waals surface area contributed by atoms with Gasteiger partial charge in [-0.1, -0.05) is 6.08 Å². The van der Waals surface area contributed by atoms with E-state index in [0.717, 1.165) is 32.7 Å². The predicted molar refractivity (Wildman–Crippen MR) is 74.6 cm³/mol. The highest BCUT2D eigenvalue weighted by Gasteiger charge is 2.13. The molecule has 0 atom stereocenters. The molecule has 0 fully saturated rings. The summed E-state index contributed by atoms with van der Waals surface area (Å²) in [6.45, 7) is 13.3. The first-order chi connectivity index (χ1) is 8.54. The zero-order valence-electron chi connectivity index (χ0n) is 11.8. The molecular weight excluding hydrogens is 226 g/mol. The molecule has 0 saturated carbocycles. The number of hydrogen-bond acceptors (Lipinski definition) is 3. The van der Waals surface area contributed by atoms with E-state index in [4.69, 9.17) is 4.74 Å². The molecule has 1 rings (SSSR count). The Hall–Kier alpha value is -1.13. The van der Waals surface area contributed by atoms with E-state index in [9.17, 15) is 0 Å². The first-order valence-corrected chi connectivity index (χ1v) is 6.47. The van der Waals surface area contributed by atoms with Crippen molar-refractivity contribution in [1.29, 1.82) is 0 Å². The van der Waals surface area contributed by atoms with Crippen LogP contribution in [0.3, 0.4) is 0 Å². The molecule has 1 aromatic heterocycles. The molecule has 0 aromatic carbocycles. The molecule has 1 N–H and O–H groups in total. The maximum Gasteiger partial charge on any atom is 0.0591 e. The number of hydrogen-bond donors (Lipinski definition) is 1. The fraction of sp³-hybridized carbons (Fsp3) is 0.643. The number of aromatic nitrogens is 2. The third kappa shape index (κ3) is 5.47. The molecule has 0 aliphatic rings. The Morgan fingerprint density at radius 3 is 2.83 bits per heavy atom. The van der Waals surface area contributed by atoms with Crippen molar-refractivity contribution in [1.82, 2.24) is 15.1 Å². The van der Waals surface area contributed by atoms with Crippen LogP contribution in [-0.2, 0) is 16.8 Å². The van der Waals surface area contributed by atoms with Crippen LogP contribution in [0.5, 0.6) is 0 Å². The molecule has 0 bridgehead atoms. The first-order valence-electron chi connectivity index (χ1n) is 6.47. The summed E-state index contributed by atoms with van der Waals surface area (Å²) in [4.78, 5) is 0. The van der Waals surface area contributed by atoms with Gasteiger partial charge in [-0.25, -0.2) is 0 Å². The molecule has 0 aliphatic carbocycles. The highest BCUT2D eigenvalue weighted by molar-refractivity contribution is 5.04. The van der Waals surface area contributed by atoms with Gasteiger partial charge >= 0.3 is 0 Å². The maximum atomic E-state index is 5.42. The molecule has 18 heavy (non-hydrogen) atoms. The van der Waals surface area contributed by atoms with Crippen molar-refractivity contribution in [2.45, 2.75) is 39.3 Å². The Morgan fingerprint density at radius 2 is 2.22 bits per heavy atom. The largest absolute Gasteiger partial charge is 0.380 e. The SMILES string of the molecule is C=CCCOCCNCc1cnn(C(C)(C)C)c1. The molecule has 4 nitrogen and oxygen atoms in total. The minimum Gasteiger partial charge on any atom is -0.380 e. The number of nitrogens with zero attached hydrogens (tertiary/aromatic N) is 2. The highest BCUT2D eigenvalue weighted by atomic mass is 16.5. The summed E-state index contributed by atoms with van der Waals surface area (Å²) in [6.07, 6.45) is 6.79. The average molecular weight is 251 g/mol. The smallest absolute Gasteiger partial charge is 0.0591 e. The van der Waals surface area contributed by atoms with Crippen LogP contribution in [0.25, 0.3) is 0 Å². The molecule has 1 aromatic rings. The maximum absolute atomic E-state index is 5.42. The molecule has 0 unspecified atom stereocenters. The molecule has 1 heterocycles. The van der Waals surface area contributed by atoms with E-state index >= 15 is 0 Å². The summed E-state index contributed by atoms with van der Waals surface area (Å²) in [5.41, 5.74) is 1.25. The van der Waals surface area contributed by atoms with E-state index in [2.05, 4.69) is 44.0 Å². The van der Waals surface area contributed by atoms with E-state index in [-0.39, 0.29) is 5.54 Å². The second kappa shape index (κ2) is 7.34. The Labute approximate surface area is 110 Å². The van der Waals surface area contributed by atoms with Crippen LogP contribution in [0.15, 0.2) is 25.0 Å². The Kier molecular flexibility index (Phi) is 6.09. The van der Waals surface area contributed by atoms with E-state index in [1.807, 2.05) is 17.0 Å². The molecular formula is C14H25N3O. The third-order valence-electron chi connectivity index (χ3n) is 2.54. The quantitative estimate of drug-likeness (QED) is 0.569. The lowest BCUT2D eigenvalue weighted by molar-refractivity contribution is 0.140. The lowest BCUT2D eigenvalue weighted by Crippen LogP contribution is -2.22. The van der Waals surface area contributed by atoms with Gasteiger partial charge in [0.05, 0.1) is 24.9 Å². The van der Waals surface area contributed by atoms with Crippen molar-refractivity contribution >= 4 is 0 Å². The lowest BCUT2D eigenvalue weighted by atomic mass is 10.1. The third-order valence-corrected chi connectivity index (χ3v) is 2.54. The Morgan fingerprint density at radius 1 is 1.44 bits per heavy atom. The average Bonchev–Trinajstić information content (AvgIpc) is 2.76. The van der Waals surface area contributed by atoms with E-state index in [0.29, 0.717) is 0 Å². The molecule has 0 spiro atoms. The van der Waals surface area contributed by atoms with Gasteiger partial charge in [-0.15, -0.1) is 6.58 Å². The number of ether oxygens (including phenoxy) is 1. The molecule has 4 heteroatoms. The van der Waals surface area contributed by atoms with Crippen molar-refractivity contribution in [2.24, 2.45) is 0 Å². The fourth-order valence-corrected chi connectivity index (χ4v) is 1.46. The zero-order valence-corrected chi connectivity index (χ0v) is 11.8. The number of nitrogens with one attached hydrogen (secondary N) is 1. The van der Waals surface area contributed by atoms with Gasteiger partial charge < -0.3 is 10.1 Å². The van der Waals surface area contributed by atoms with Gasteiger partial charge in [0, 0.05) is 24.8 Å². The second-order valence-corrected chi connectivity index (χ2v) is 5.33. The van der Waals surface area contributed by atoms with Crippen LogP contribution >= 0.6 is 0 Å². The first kappa shape index (κ1) is 14.9. The van der Waals surface area contributed by atoms with Crippen LogP contribution in [0.4, 0.5) is 0 Å². The van der Waals surface area contributed by atoms with Gasteiger partial charge in [0.2, 0.25) is 0 Å². The summed E-state index contributed by atoms with van der Waals surface area (Å²) in [6, 6.07) is 0. The normalized spacial score (nSPS) is 11.7. The minimum atomic E-state index is 0.0477. The predicted octanol–water partition coefficient (Wildman–Crippen LogP) is 2.32. The molecule has 0 aliphatic heterocycles. The van der Waals surface area contributed by atoms with Gasteiger partial charge in [0.15, 0.2) is 0 Å².